The topological polar surface area (TPSA) is 135 Å². The summed E-state index contributed by atoms with van der Waals surface area (Å²) in [6.07, 6.45) is -7.75. The van der Waals surface area contributed by atoms with Gasteiger partial charge in [0, 0.05) is 36.8 Å². The van der Waals surface area contributed by atoms with Crippen molar-refractivity contribution in [1.82, 2.24) is 39.3 Å². The first kappa shape index (κ1) is 29.4. The third-order valence-corrected chi connectivity index (χ3v) is 6.96. The number of anilines is 1. The fourth-order valence-electron chi connectivity index (χ4n) is 4.29. The Bertz CT molecular complexity index is 1640. The zero-order valence-corrected chi connectivity index (χ0v) is 23.2. The Morgan fingerprint density at radius 2 is 1.81 bits per heavy atom. The van der Waals surface area contributed by atoms with E-state index < -0.39 is 24.5 Å². The maximum Gasteiger partial charge on any atom is 0.416 e. The third-order valence-electron chi connectivity index (χ3n) is 6.39. The Labute approximate surface area is 246 Å². The van der Waals surface area contributed by atoms with E-state index in [-0.39, 0.29) is 30.2 Å². The van der Waals surface area contributed by atoms with Gasteiger partial charge in [0.2, 0.25) is 5.95 Å². The normalized spacial score (nSPS) is 14.3. The molecular formula is C25H24Cl2F3N9O3. The van der Waals surface area contributed by atoms with Crippen LogP contribution >= 0.6 is 23.2 Å². The molecule has 5 rings (SSSR count). The monoisotopic (exact) mass is 625 g/mol. The van der Waals surface area contributed by atoms with E-state index in [1.165, 1.54) is 28.9 Å². The molecule has 2 amide bonds. The molecule has 0 bridgehead atoms. The first-order valence-corrected chi connectivity index (χ1v) is 13.4. The van der Waals surface area contributed by atoms with Gasteiger partial charge in [0.1, 0.15) is 6.54 Å². The van der Waals surface area contributed by atoms with Crippen molar-refractivity contribution in [3.63, 3.8) is 0 Å². The molecule has 0 radical (unpaired) electrons. The fourth-order valence-corrected chi connectivity index (χ4v) is 4.63. The number of aliphatic hydroxyl groups excluding tert-OH is 1. The van der Waals surface area contributed by atoms with Crippen LogP contribution in [0.1, 0.15) is 5.82 Å². The van der Waals surface area contributed by atoms with Crippen LogP contribution in [-0.2, 0) is 13.1 Å². The summed E-state index contributed by atoms with van der Waals surface area (Å²) in [5.41, 5.74) is -0.119. The van der Waals surface area contributed by atoms with Crippen LogP contribution in [0.5, 0.6) is 0 Å². The largest absolute Gasteiger partial charge is 0.416 e. The van der Waals surface area contributed by atoms with E-state index in [1.807, 2.05) is 0 Å². The second kappa shape index (κ2) is 12.0. The number of alkyl halides is 3. The van der Waals surface area contributed by atoms with Gasteiger partial charge in [-0.2, -0.15) is 22.8 Å². The Balaban J connectivity index is 1.48. The van der Waals surface area contributed by atoms with E-state index in [1.54, 1.807) is 29.2 Å². The first-order valence-electron chi connectivity index (χ1n) is 12.7. The number of amides is 2. The van der Waals surface area contributed by atoms with Gasteiger partial charge in [-0.05, 0) is 36.4 Å². The molecular weight excluding hydrogens is 602 g/mol. The van der Waals surface area contributed by atoms with Gasteiger partial charge in [-0.1, -0.05) is 35.3 Å². The van der Waals surface area contributed by atoms with E-state index in [9.17, 15) is 27.9 Å². The maximum atomic E-state index is 13.3. The van der Waals surface area contributed by atoms with Crippen molar-refractivity contribution in [2.45, 2.75) is 25.4 Å². The molecule has 0 unspecified atom stereocenters. The van der Waals surface area contributed by atoms with E-state index in [0.717, 1.165) is 9.25 Å². The molecule has 222 valence electrons. The number of hydrogen-bond acceptors (Lipinski definition) is 7. The minimum absolute atomic E-state index is 0.0992. The Morgan fingerprint density at radius 3 is 2.48 bits per heavy atom. The summed E-state index contributed by atoms with van der Waals surface area (Å²) in [5, 5.41) is 25.0. The van der Waals surface area contributed by atoms with E-state index in [4.69, 9.17) is 23.2 Å². The molecule has 17 heteroatoms. The molecule has 3 heterocycles. The van der Waals surface area contributed by atoms with Gasteiger partial charge in [-0.25, -0.2) is 14.3 Å². The molecule has 2 aromatic heterocycles. The summed E-state index contributed by atoms with van der Waals surface area (Å²) >= 11 is 12.3. The van der Waals surface area contributed by atoms with Crippen molar-refractivity contribution in [3.05, 3.63) is 74.9 Å². The summed E-state index contributed by atoms with van der Waals surface area (Å²) in [7, 11) is 0. The highest BCUT2D eigenvalue weighted by Gasteiger charge is 2.39. The van der Waals surface area contributed by atoms with Crippen molar-refractivity contribution >= 4 is 35.2 Å². The van der Waals surface area contributed by atoms with Crippen molar-refractivity contribution in [1.29, 1.82) is 0 Å². The average molecular weight is 626 g/mol. The van der Waals surface area contributed by atoms with Crippen molar-refractivity contribution < 1.29 is 23.1 Å². The quantitative estimate of drug-likeness (QED) is 0.246. The molecule has 0 aliphatic carbocycles. The van der Waals surface area contributed by atoms with Crippen LogP contribution in [0.3, 0.4) is 0 Å². The fraction of sp³-hybridized carbons (Fsp3) is 0.320. The summed E-state index contributed by atoms with van der Waals surface area (Å²) in [4.78, 5) is 31.3. The van der Waals surface area contributed by atoms with Gasteiger partial charge >= 0.3 is 17.9 Å². The zero-order chi connectivity index (χ0) is 30.0. The van der Waals surface area contributed by atoms with Gasteiger partial charge in [0.25, 0.3) is 0 Å². The predicted octanol–water partition coefficient (Wildman–Crippen LogP) is 3.01. The van der Waals surface area contributed by atoms with E-state index >= 15 is 0 Å². The number of carbonyl (C=O) groups excluding carboxylic acids is 1. The van der Waals surface area contributed by atoms with Gasteiger partial charge < -0.3 is 20.6 Å². The number of nitrogens with zero attached hydrogens (tertiary/aromatic N) is 7. The van der Waals surface area contributed by atoms with Gasteiger partial charge in [-0.3, -0.25) is 4.57 Å². The molecule has 12 nitrogen and oxygen atoms in total. The molecule has 1 aliphatic heterocycles. The number of aliphatic hydroxyl groups is 1. The SMILES string of the molecule is O=C1NCCN1CCNc1nc(Cn2nc(-c3ccc(Cl)cc3)n(C[C@H](O)C(F)(F)F)c2=O)nn1-c1ccccc1Cl. The predicted molar refractivity (Wildman–Crippen MR) is 148 cm³/mol. The molecule has 42 heavy (non-hydrogen) atoms. The van der Waals surface area contributed by atoms with Crippen LogP contribution in [0.2, 0.25) is 10.0 Å². The van der Waals surface area contributed by atoms with Gasteiger partial charge in [0.05, 0.1) is 17.3 Å². The number of urea groups is 1. The smallest absolute Gasteiger partial charge is 0.382 e. The van der Waals surface area contributed by atoms with Crippen molar-refractivity contribution in [3.8, 4) is 17.1 Å². The number of hydrogen-bond donors (Lipinski definition) is 3. The maximum absolute atomic E-state index is 13.3. The van der Waals surface area contributed by atoms with Crippen LogP contribution in [0, 0.1) is 0 Å². The van der Waals surface area contributed by atoms with Crippen LogP contribution in [0.4, 0.5) is 23.9 Å². The Morgan fingerprint density at radius 1 is 1.07 bits per heavy atom. The summed E-state index contributed by atoms with van der Waals surface area (Å²) in [6, 6.07) is 12.7. The lowest BCUT2D eigenvalue weighted by atomic mass is 10.2. The van der Waals surface area contributed by atoms with Crippen molar-refractivity contribution in [2.75, 3.05) is 31.5 Å². The standard InChI is InChI=1S/C25H24Cl2F3N9O3/c26-16-7-5-15(6-8-16)21-35-38(24(42)37(21)13-19(40)25(28,29)30)14-20-33-22(31-9-11-36-12-10-32-23(36)41)39(34-20)18-4-2-1-3-17(18)27/h1-8,19,40H,9-14H2,(H,32,41)(H,31,33,34)/t19-/m0/s1. The lowest BCUT2D eigenvalue weighted by molar-refractivity contribution is -0.207. The Kier molecular flexibility index (Phi) is 8.43. The molecule has 1 atom stereocenters. The summed E-state index contributed by atoms with van der Waals surface area (Å²) in [5.74, 6) is 0.255. The number of aromatic nitrogens is 6. The average Bonchev–Trinajstić information content (AvgIpc) is 3.63. The number of halogens is 5. The molecule has 1 saturated heterocycles. The van der Waals surface area contributed by atoms with Crippen LogP contribution in [-0.4, -0.2) is 83.6 Å². The summed E-state index contributed by atoms with van der Waals surface area (Å²) in [6.45, 7) is 0.437. The molecule has 3 N–H and O–H groups in total. The second-order valence-corrected chi connectivity index (χ2v) is 10.1. The third kappa shape index (κ3) is 6.37. The number of nitrogens with one attached hydrogen (secondary N) is 2. The molecule has 0 spiro atoms. The number of rotatable bonds is 10. The first-order chi connectivity index (χ1) is 20.0. The molecule has 1 fully saturated rings. The second-order valence-electron chi connectivity index (χ2n) is 9.30. The molecule has 2 aromatic carbocycles. The van der Waals surface area contributed by atoms with E-state index in [2.05, 4.69) is 25.8 Å². The number of benzene rings is 2. The minimum atomic E-state index is -4.95. The minimum Gasteiger partial charge on any atom is -0.382 e. The van der Waals surface area contributed by atoms with Gasteiger partial charge in [-0.15, -0.1) is 10.2 Å². The molecule has 0 saturated carbocycles. The van der Waals surface area contributed by atoms with Crippen LogP contribution in [0.15, 0.2) is 53.3 Å². The highest BCUT2D eigenvalue weighted by atomic mass is 35.5. The molecule has 1 aliphatic rings. The number of carbonyl (C=O) groups is 1. The zero-order valence-electron chi connectivity index (χ0n) is 21.7. The highest BCUT2D eigenvalue weighted by molar-refractivity contribution is 6.32. The lowest BCUT2D eigenvalue weighted by Crippen LogP contribution is -2.37. The van der Waals surface area contributed by atoms with Crippen LogP contribution in [0.25, 0.3) is 17.1 Å². The van der Waals surface area contributed by atoms with Gasteiger partial charge in [0.15, 0.2) is 17.8 Å². The van der Waals surface area contributed by atoms with Crippen LogP contribution < -0.4 is 16.3 Å². The summed E-state index contributed by atoms with van der Waals surface area (Å²) < 4.78 is 42.7. The number of para-hydroxylation sites is 1. The Hall–Kier alpha value is -4.08. The highest BCUT2D eigenvalue weighted by Crippen LogP contribution is 2.25. The lowest BCUT2D eigenvalue weighted by Gasteiger charge is -2.15. The van der Waals surface area contributed by atoms with Crippen molar-refractivity contribution in [2.24, 2.45) is 0 Å². The molecule has 4 aromatic rings. The van der Waals surface area contributed by atoms with E-state index in [0.29, 0.717) is 47.5 Å².